The highest BCUT2D eigenvalue weighted by Crippen LogP contribution is 2.18. The van der Waals surface area contributed by atoms with Gasteiger partial charge < -0.3 is 15.2 Å². The zero-order valence-corrected chi connectivity index (χ0v) is 11.4. The summed E-state index contributed by atoms with van der Waals surface area (Å²) in [6.07, 6.45) is 4.99. The average molecular weight is 244 g/mol. The van der Waals surface area contributed by atoms with Crippen molar-refractivity contribution in [3.05, 3.63) is 0 Å². The summed E-state index contributed by atoms with van der Waals surface area (Å²) in [7, 11) is 1.78. The zero-order valence-electron chi connectivity index (χ0n) is 11.4. The second-order valence-electron chi connectivity index (χ2n) is 4.73. The van der Waals surface area contributed by atoms with Crippen LogP contribution in [-0.4, -0.2) is 57.0 Å². The smallest absolute Gasteiger partial charge is 0.0618 e. The van der Waals surface area contributed by atoms with Crippen molar-refractivity contribution < 1.29 is 9.47 Å². The van der Waals surface area contributed by atoms with Crippen LogP contribution < -0.4 is 5.73 Å². The molecule has 1 atom stereocenters. The predicted molar refractivity (Wildman–Crippen MR) is 70.2 cm³/mol. The number of likely N-dealkylation sites (tertiary alicyclic amines) is 1. The summed E-state index contributed by atoms with van der Waals surface area (Å²) in [6, 6.07) is 0.533. The largest absolute Gasteiger partial charge is 0.383 e. The number of hydrogen-bond acceptors (Lipinski definition) is 4. The molecule has 1 saturated heterocycles. The molecule has 0 aliphatic carbocycles. The van der Waals surface area contributed by atoms with E-state index in [2.05, 4.69) is 11.8 Å². The van der Waals surface area contributed by atoms with Gasteiger partial charge in [0.15, 0.2) is 0 Å². The summed E-state index contributed by atoms with van der Waals surface area (Å²) in [5.74, 6) is 0. The van der Waals surface area contributed by atoms with E-state index in [1.54, 1.807) is 7.11 Å². The summed E-state index contributed by atoms with van der Waals surface area (Å²) in [5.41, 5.74) is 5.58. The Balaban J connectivity index is 2.31. The number of ether oxygens (including phenoxy) is 2. The van der Waals surface area contributed by atoms with E-state index in [-0.39, 0.29) is 0 Å². The van der Waals surface area contributed by atoms with Crippen LogP contribution in [0.4, 0.5) is 0 Å². The SMILES string of the molecule is CCOC1CCN(C(CCCN)COC)CC1. The highest BCUT2D eigenvalue weighted by molar-refractivity contribution is 4.79. The highest BCUT2D eigenvalue weighted by atomic mass is 16.5. The van der Waals surface area contributed by atoms with E-state index < -0.39 is 0 Å². The third-order valence-electron chi connectivity index (χ3n) is 3.50. The van der Waals surface area contributed by atoms with Gasteiger partial charge >= 0.3 is 0 Å². The number of methoxy groups -OCH3 is 1. The van der Waals surface area contributed by atoms with Gasteiger partial charge in [-0.3, -0.25) is 4.90 Å². The van der Waals surface area contributed by atoms with Crippen molar-refractivity contribution in [2.45, 2.75) is 44.8 Å². The Kier molecular flexibility index (Phi) is 7.77. The van der Waals surface area contributed by atoms with Gasteiger partial charge in [0.05, 0.1) is 12.7 Å². The monoisotopic (exact) mass is 244 g/mol. The Morgan fingerprint density at radius 2 is 2.06 bits per heavy atom. The lowest BCUT2D eigenvalue weighted by atomic mass is 10.0. The van der Waals surface area contributed by atoms with E-state index in [0.29, 0.717) is 12.1 Å². The van der Waals surface area contributed by atoms with Gasteiger partial charge in [0, 0.05) is 32.8 Å². The van der Waals surface area contributed by atoms with Crippen LogP contribution in [0.2, 0.25) is 0 Å². The lowest BCUT2D eigenvalue weighted by Crippen LogP contribution is -2.45. The van der Waals surface area contributed by atoms with Gasteiger partial charge in [-0.1, -0.05) is 0 Å². The van der Waals surface area contributed by atoms with E-state index in [1.807, 2.05) is 0 Å². The van der Waals surface area contributed by atoms with E-state index in [0.717, 1.165) is 58.5 Å². The molecule has 1 aliphatic rings. The Morgan fingerprint density at radius 1 is 1.35 bits per heavy atom. The fourth-order valence-electron chi connectivity index (χ4n) is 2.56. The molecule has 17 heavy (non-hydrogen) atoms. The number of piperidine rings is 1. The second kappa shape index (κ2) is 8.86. The number of nitrogens with two attached hydrogens (primary N) is 1. The quantitative estimate of drug-likeness (QED) is 0.698. The third-order valence-corrected chi connectivity index (χ3v) is 3.50. The van der Waals surface area contributed by atoms with Crippen LogP contribution in [0.1, 0.15) is 32.6 Å². The Hall–Kier alpha value is -0.160. The predicted octanol–water partition coefficient (Wildman–Crippen LogP) is 1.24. The number of hydrogen-bond donors (Lipinski definition) is 1. The molecule has 1 unspecified atom stereocenters. The van der Waals surface area contributed by atoms with Crippen LogP contribution in [0.25, 0.3) is 0 Å². The van der Waals surface area contributed by atoms with Gasteiger partial charge in [-0.2, -0.15) is 0 Å². The van der Waals surface area contributed by atoms with E-state index in [9.17, 15) is 0 Å². The maximum Gasteiger partial charge on any atom is 0.0618 e. The molecule has 2 N–H and O–H groups in total. The molecular formula is C13H28N2O2. The first kappa shape index (κ1) is 14.9. The number of rotatable bonds is 8. The van der Waals surface area contributed by atoms with Crippen molar-refractivity contribution in [2.75, 3.05) is 40.0 Å². The minimum absolute atomic E-state index is 0.467. The van der Waals surface area contributed by atoms with Gasteiger partial charge in [0.1, 0.15) is 0 Å². The van der Waals surface area contributed by atoms with Gasteiger partial charge in [0.2, 0.25) is 0 Å². The topological polar surface area (TPSA) is 47.7 Å². The van der Waals surface area contributed by atoms with Crippen molar-refractivity contribution in [1.29, 1.82) is 0 Å². The third kappa shape index (κ3) is 5.34. The van der Waals surface area contributed by atoms with Crippen molar-refractivity contribution in [2.24, 2.45) is 5.73 Å². The van der Waals surface area contributed by atoms with Crippen LogP contribution in [0.5, 0.6) is 0 Å². The molecular weight excluding hydrogens is 216 g/mol. The van der Waals surface area contributed by atoms with Crippen LogP contribution in [0.15, 0.2) is 0 Å². The van der Waals surface area contributed by atoms with E-state index >= 15 is 0 Å². The molecule has 0 aromatic rings. The maximum atomic E-state index is 5.67. The van der Waals surface area contributed by atoms with Gasteiger partial charge in [0.25, 0.3) is 0 Å². The molecule has 1 aliphatic heterocycles. The fourth-order valence-corrected chi connectivity index (χ4v) is 2.56. The van der Waals surface area contributed by atoms with Gasteiger partial charge in [-0.05, 0) is 39.2 Å². The summed E-state index contributed by atoms with van der Waals surface area (Å²) in [4.78, 5) is 2.54. The molecule has 0 amide bonds. The molecule has 0 aromatic heterocycles. The molecule has 102 valence electrons. The number of nitrogens with zero attached hydrogens (tertiary/aromatic N) is 1. The first-order valence-electron chi connectivity index (χ1n) is 6.86. The van der Waals surface area contributed by atoms with Crippen molar-refractivity contribution in [3.63, 3.8) is 0 Å². The fraction of sp³-hybridized carbons (Fsp3) is 1.00. The molecule has 4 nitrogen and oxygen atoms in total. The van der Waals surface area contributed by atoms with Crippen LogP contribution in [-0.2, 0) is 9.47 Å². The Bertz CT molecular complexity index is 182. The molecule has 0 saturated carbocycles. The summed E-state index contributed by atoms with van der Waals surface area (Å²) >= 11 is 0. The minimum Gasteiger partial charge on any atom is -0.383 e. The van der Waals surface area contributed by atoms with Crippen molar-refractivity contribution >= 4 is 0 Å². The zero-order chi connectivity index (χ0) is 12.5. The molecule has 0 radical (unpaired) electrons. The lowest BCUT2D eigenvalue weighted by molar-refractivity contribution is -0.00871. The minimum atomic E-state index is 0.467. The van der Waals surface area contributed by atoms with E-state index in [1.165, 1.54) is 0 Å². The van der Waals surface area contributed by atoms with Crippen LogP contribution in [0, 0.1) is 0 Å². The molecule has 1 heterocycles. The average Bonchev–Trinajstić information content (AvgIpc) is 2.36. The van der Waals surface area contributed by atoms with Gasteiger partial charge in [-0.25, -0.2) is 0 Å². The highest BCUT2D eigenvalue weighted by Gasteiger charge is 2.24. The molecule has 1 rings (SSSR count). The van der Waals surface area contributed by atoms with Crippen molar-refractivity contribution in [3.8, 4) is 0 Å². The van der Waals surface area contributed by atoms with Gasteiger partial charge in [-0.15, -0.1) is 0 Å². The van der Waals surface area contributed by atoms with Crippen molar-refractivity contribution in [1.82, 2.24) is 4.90 Å². The normalized spacial score (nSPS) is 20.6. The Morgan fingerprint density at radius 3 is 2.59 bits per heavy atom. The lowest BCUT2D eigenvalue weighted by Gasteiger charge is -2.37. The van der Waals surface area contributed by atoms with Crippen LogP contribution >= 0.6 is 0 Å². The molecule has 0 aromatic carbocycles. The Labute approximate surface area is 105 Å². The molecule has 1 fully saturated rings. The summed E-state index contributed by atoms with van der Waals surface area (Å²) in [6.45, 7) is 6.75. The first-order valence-corrected chi connectivity index (χ1v) is 6.86. The molecule has 4 heteroatoms. The summed E-state index contributed by atoms with van der Waals surface area (Å²) in [5, 5.41) is 0. The molecule has 0 bridgehead atoms. The van der Waals surface area contributed by atoms with Crippen LogP contribution in [0.3, 0.4) is 0 Å². The van der Waals surface area contributed by atoms with E-state index in [4.69, 9.17) is 15.2 Å². The first-order chi connectivity index (χ1) is 8.31. The summed E-state index contributed by atoms with van der Waals surface area (Å²) < 4.78 is 11.0. The second-order valence-corrected chi connectivity index (χ2v) is 4.73. The maximum absolute atomic E-state index is 5.67. The standard InChI is InChI=1S/C13H28N2O2/c1-3-17-13-6-9-15(10-7-13)12(11-16-2)5-4-8-14/h12-13H,3-11,14H2,1-2H3. The molecule has 0 spiro atoms.